The van der Waals surface area contributed by atoms with Gasteiger partial charge in [-0.3, -0.25) is 0 Å². The van der Waals surface area contributed by atoms with Gasteiger partial charge in [-0.05, 0) is 77.2 Å². The molecule has 94 valence electrons. The fraction of sp³-hybridized carbons (Fsp3) is 1.00. The van der Waals surface area contributed by atoms with Crippen LogP contribution in [0.1, 0.15) is 32.1 Å². The second-order valence-corrected chi connectivity index (χ2v) is 5.84. The first-order chi connectivity index (χ1) is 7.74. The molecule has 0 unspecified atom stereocenters. The highest BCUT2D eigenvalue weighted by Crippen LogP contribution is 2.24. The van der Waals surface area contributed by atoms with Crippen LogP contribution in [0.25, 0.3) is 0 Å². The summed E-state index contributed by atoms with van der Waals surface area (Å²) in [4.78, 5) is 2.44. The predicted octanol–water partition coefficient (Wildman–Crippen LogP) is 1.05. The van der Waals surface area contributed by atoms with Crippen molar-refractivity contribution in [1.82, 2.24) is 10.2 Å². The van der Waals surface area contributed by atoms with Crippen LogP contribution in [0.15, 0.2) is 0 Å². The van der Waals surface area contributed by atoms with Crippen LogP contribution in [0, 0.1) is 11.8 Å². The smallest absolute Gasteiger partial charge is 0.00450 e. The van der Waals surface area contributed by atoms with E-state index >= 15 is 0 Å². The summed E-state index contributed by atoms with van der Waals surface area (Å²) in [6.07, 6.45) is 6.63. The molecule has 1 aliphatic heterocycles. The van der Waals surface area contributed by atoms with E-state index in [9.17, 15) is 0 Å². The Hall–Kier alpha value is -0.120. The van der Waals surface area contributed by atoms with Crippen molar-refractivity contribution in [2.24, 2.45) is 17.6 Å². The van der Waals surface area contributed by atoms with E-state index in [1.807, 2.05) is 0 Å². The van der Waals surface area contributed by atoms with Gasteiger partial charge in [-0.15, -0.1) is 0 Å². The van der Waals surface area contributed by atoms with Crippen molar-refractivity contribution in [1.29, 1.82) is 0 Å². The molecular formula is C13H27N3. The maximum atomic E-state index is 5.77. The highest BCUT2D eigenvalue weighted by molar-refractivity contribution is 4.83. The molecule has 1 heterocycles. The predicted molar refractivity (Wildman–Crippen MR) is 68.4 cm³/mol. The van der Waals surface area contributed by atoms with E-state index in [-0.39, 0.29) is 0 Å². The lowest BCUT2D eigenvalue weighted by Gasteiger charge is -2.33. The van der Waals surface area contributed by atoms with E-state index in [0.29, 0.717) is 6.04 Å². The van der Waals surface area contributed by atoms with Crippen LogP contribution in [-0.2, 0) is 0 Å². The summed E-state index contributed by atoms with van der Waals surface area (Å²) in [7, 11) is 2.23. The minimum absolute atomic E-state index is 0.501. The summed E-state index contributed by atoms with van der Waals surface area (Å²) in [5, 5.41) is 3.60. The van der Waals surface area contributed by atoms with Gasteiger partial charge in [-0.25, -0.2) is 0 Å². The molecule has 2 aliphatic rings. The quantitative estimate of drug-likeness (QED) is 0.687. The van der Waals surface area contributed by atoms with Gasteiger partial charge in [0.15, 0.2) is 0 Å². The van der Waals surface area contributed by atoms with Crippen LogP contribution in [0.3, 0.4) is 0 Å². The molecule has 0 atom stereocenters. The minimum Gasteiger partial charge on any atom is -0.328 e. The lowest BCUT2D eigenvalue weighted by Crippen LogP contribution is -2.41. The average molecular weight is 225 g/mol. The van der Waals surface area contributed by atoms with Crippen molar-refractivity contribution in [3.05, 3.63) is 0 Å². The van der Waals surface area contributed by atoms with Gasteiger partial charge in [-0.1, -0.05) is 0 Å². The summed E-state index contributed by atoms with van der Waals surface area (Å²) in [6, 6.07) is 0.501. The summed E-state index contributed by atoms with van der Waals surface area (Å²) < 4.78 is 0. The van der Waals surface area contributed by atoms with Gasteiger partial charge >= 0.3 is 0 Å². The molecule has 0 amide bonds. The Bertz CT molecular complexity index is 193. The number of piperidine rings is 1. The Morgan fingerprint density at radius 1 is 1.19 bits per heavy atom. The zero-order chi connectivity index (χ0) is 11.4. The third-order valence-corrected chi connectivity index (χ3v) is 4.27. The van der Waals surface area contributed by atoms with Gasteiger partial charge in [0, 0.05) is 6.04 Å². The lowest BCUT2D eigenvalue weighted by atomic mass is 9.81. The second-order valence-electron chi connectivity index (χ2n) is 5.84. The third kappa shape index (κ3) is 3.72. The highest BCUT2D eigenvalue weighted by atomic mass is 15.1. The molecule has 2 rings (SSSR count). The van der Waals surface area contributed by atoms with Gasteiger partial charge in [0.1, 0.15) is 0 Å². The van der Waals surface area contributed by atoms with E-state index in [0.717, 1.165) is 11.8 Å². The first-order valence-electron chi connectivity index (χ1n) is 6.89. The van der Waals surface area contributed by atoms with E-state index in [2.05, 4.69) is 17.3 Å². The van der Waals surface area contributed by atoms with E-state index in [4.69, 9.17) is 5.73 Å². The zero-order valence-electron chi connectivity index (χ0n) is 10.6. The molecule has 0 bridgehead atoms. The van der Waals surface area contributed by atoms with Crippen LogP contribution in [0.5, 0.6) is 0 Å². The highest BCUT2D eigenvalue weighted by Gasteiger charge is 2.25. The Morgan fingerprint density at radius 3 is 2.50 bits per heavy atom. The number of likely N-dealkylation sites (tertiary alicyclic amines) is 1. The normalized spacial score (nSPS) is 32.6. The molecule has 1 saturated carbocycles. The zero-order valence-corrected chi connectivity index (χ0v) is 10.6. The average Bonchev–Trinajstić information content (AvgIpc) is 2.24. The number of nitrogens with two attached hydrogens (primary N) is 1. The molecule has 3 N–H and O–H groups in total. The molecule has 3 nitrogen and oxygen atoms in total. The molecule has 16 heavy (non-hydrogen) atoms. The van der Waals surface area contributed by atoms with Crippen LogP contribution in [0.2, 0.25) is 0 Å². The van der Waals surface area contributed by atoms with Crippen LogP contribution < -0.4 is 11.1 Å². The molecule has 0 aromatic carbocycles. The van der Waals surface area contributed by atoms with Gasteiger partial charge in [0.25, 0.3) is 0 Å². The van der Waals surface area contributed by atoms with Crippen LogP contribution in [0.4, 0.5) is 0 Å². The lowest BCUT2D eigenvalue weighted by molar-refractivity contribution is 0.207. The first kappa shape index (κ1) is 12.3. The summed E-state index contributed by atoms with van der Waals surface area (Å²) in [5.74, 6) is 1.83. The van der Waals surface area contributed by atoms with Gasteiger partial charge in [0.05, 0.1) is 0 Å². The molecule has 3 heteroatoms. The van der Waals surface area contributed by atoms with Gasteiger partial charge in [0.2, 0.25) is 0 Å². The minimum atomic E-state index is 0.501. The maximum Gasteiger partial charge on any atom is 0.00450 e. The number of nitrogens with zero attached hydrogens (tertiary/aromatic N) is 1. The fourth-order valence-corrected chi connectivity index (χ4v) is 2.92. The summed E-state index contributed by atoms with van der Waals surface area (Å²) >= 11 is 0. The van der Waals surface area contributed by atoms with Crippen molar-refractivity contribution in [3.8, 4) is 0 Å². The second kappa shape index (κ2) is 5.99. The van der Waals surface area contributed by atoms with Gasteiger partial charge in [-0.2, -0.15) is 0 Å². The Kier molecular flexibility index (Phi) is 4.62. The summed E-state index contributed by atoms with van der Waals surface area (Å²) in [5.41, 5.74) is 5.77. The molecule has 0 aromatic heterocycles. The van der Waals surface area contributed by atoms with Crippen molar-refractivity contribution in [2.45, 2.75) is 38.1 Å². The molecule has 1 saturated heterocycles. The Labute approximate surface area is 99.8 Å². The van der Waals surface area contributed by atoms with Gasteiger partial charge < -0.3 is 16.0 Å². The molecule has 1 aliphatic carbocycles. The topological polar surface area (TPSA) is 41.3 Å². The molecule has 0 radical (unpaired) electrons. The van der Waals surface area contributed by atoms with E-state index in [1.165, 1.54) is 58.3 Å². The van der Waals surface area contributed by atoms with Crippen molar-refractivity contribution in [2.75, 3.05) is 33.2 Å². The van der Waals surface area contributed by atoms with Crippen molar-refractivity contribution in [3.63, 3.8) is 0 Å². The number of hydrogen-bond acceptors (Lipinski definition) is 3. The largest absolute Gasteiger partial charge is 0.328 e. The fourth-order valence-electron chi connectivity index (χ4n) is 2.92. The van der Waals surface area contributed by atoms with E-state index in [1.54, 1.807) is 0 Å². The number of rotatable bonds is 5. The number of nitrogens with one attached hydrogen (secondary N) is 1. The Balaban J connectivity index is 1.45. The Morgan fingerprint density at radius 2 is 1.88 bits per heavy atom. The molecule has 0 aromatic rings. The van der Waals surface area contributed by atoms with Crippen molar-refractivity contribution >= 4 is 0 Å². The SMILES string of the molecule is CN1CCC(CCNCC2CC(N)C2)CC1. The third-order valence-electron chi connectivity index (χ3n) is 4.27. The molecule has 0 spiro atoms. The monoisotopic (exact) mass is 225 g/mol. The first-order valence-corrected chi connectivity index (χ1v) is 6.89. The summed E-state index contributed by atoms with van der Waals surface area (Å²) in [6.45, 7) is 4.99. The molecular weight excluding hydrogens is 198 g/mol. The van der Waals surface area contributed by atoms with Crippen LogP contribution in [-0.4, -0.2) is 44.2 Å². The number of hydrogen-bond donors (Lipinski definition) is 2. The van der Waals surface area contributed by atoms with Crippen molar-refractivity contribution < 1.29 is 0 Å². The maximum absolute atomic E-state index is 5.77. The standard InChI is InChI=1S/C13H27N3/c1-16-6-3-11(4-7-16)2-5-15-10-12-8-13(14)9-12/h11-13,15H,2-10,14H2,1H3. The van der Waals surface area contributed by atoms with Crippen LogP contribution >= 0.6 is 0 Å². The van der Waals surface area contributed by atoms with E-state index < -0.39 is 0 Å². The molecule has 2 fully saturated rings.